The first-order valence-corrected chi connectivity index (χ1v) is 4.56. The van der Waals surface area contributed by atoms with E-state index < -0.39 is 0 Å². The fourth-order valence-corrected chi connectivity index (χ4v) is 1.99. The molecule has 0 radical (unpaired) electrons. The smallest absolute Gasteiger partial charge is 0.0262 e. The lowest BCUT2D eigenvalue weighted by atomic mass is 10.0. The van der Waals surface area contributed by atoms with E-state index in [4.69, 9.17) is 0 Å². The van der Waals surface area contributed by atoms with Gasteiger partial charge < -0.3 is 0 Å². The number of thiol groups is 1. The van der Waals surface area contributed by atoms with Crippen LogP contribution < -0.4 is 0 Å². The van der Waals surface area contributed by atoms with Gasteiger partial charge in [-0.05, 0) is 12.8 Å². The van der Waals surface area contributed by atoms with Gasteiger partial charge in [0.1, 0.15) is 0 Å². The Labute approximate surface area is 64.6 Å². The van der Waals surface area contributed by atoms with E-state index in [2.05, 4.69) is 28.6 Å². The van der Waals surface area contributed by atoms with Crippen molar-refractivity contribution in [2.75, 3.05) is 0 Å². The lowest BCUT2D eigenvalue weighted by molar-refractivity contribution is 0.535. The Morgan fingerprint density at radius 3 is 2.25 bits per heavy atom. The highest BCUT2D eigenvalue weighted by atomic mass is 79.9. The third-order valence-corrected chi connectivity index (χ3v) is 3.77. The number of halogens is 1. The molecule has 0 aromatic carbocycles. The van der Waals surface area contributed by atoms with Gasteiger partial charge in [-0.25, -0.2) is 0 Å². The quantitative estimate of drug-likeness (QED) is 0.445. The molecule has 1 rings (SSSR count). The standard InChI is InChI=1S/C6H11BrS/c7-5-3-1-2-4-6(5)8/h5-6,8H,1-4H2. The van der Waals surface area contributed by atoms with Crippen LogP contribution in [0, 0.1) is 0 Å². The minimum absolute atomic E-state index is 0.615. The number of alkyl halides is 1. The fourth-order valence-electron chi connectivity index (χ4n) is 1.07. The Kier molecular flexibility index (Phi) is 2.70. The molecule has 0 bridgehead atoms. The van der Waals surface area contributed by atoms with Gasteiger partial charge >= 0.3 is 0 Å². The number of rotatable bonds is 0. The zero-order valence-electron chi connectivity index (χ0n) is 4.81. The molecule has 1 aliphatic carbocycles. The van der Waals surface area contributed by atoms with Crippen molar-refractivity contribution in [2.24, 2.45) is 0 Å². The summed E-state index contributed by atoms with van der Waals surface area (Å²) in [7, 11) is 0. The van der Waals surface area contributed by atoms with Crippen LogP contribution in [-0.2, 0) is 0 Å². The molecule has 0 aromatic heterocycles. The number of hydrogen-bond donors (Lipinski definition) is 1. The third-order valence-electron chi connectivity index (χ3n) is 1.65. The maximum Gasteiger partial charge on any atom is 0.0262 e. The molecule has 2 heteroatoms. The van der Waals surface area contributed by atoms with E-state index in [0.717, 1.165) is 0 Å². The second kappa shape index (κ2) is 3.11. The van der Waals surface area contributed by atoms with Crippen LogP contribution in [0.5, 0.6) is 0 Å². The lowest BCUT2D eigenvalue weighted by Crippen LogP contribution is -2.18. The van der Waals surface area contributed by atoms with Gasteiger partial charge in [-0.2, -0.15) is 12.6 Å². The Bertz CT molecular complexity index is 64.9. The first-order valence-electron chi connectivity index (χ1n) is 3.13. The molecular formula is C6H11BrS. The van der Waals surface area contributed by atoms with E-state index in [-0.39, 0.29) is 0 Å². The SMILES string of the molecule is SC1CCCCC1Br. The predicted octanol–water partition coefficient (Wildman–Crippen LogP) is 2.62. The zero-order chi connectivity index (χ0) is 5.98. The van der Waals surface area contributed by atoms with Gasteiger partial charge in [-0.15, -0.1) is 0 Å². The van der Waals surface area contributed by atoms with Crippen LogP contribution in [0.1, 0.15) is 25.7 Å². The molecule has 1 fully saturated rings. The van der Waals surface area contributed by atoms with Crippen LogP contribution in [0.3, 0.4) is 0 Å². The topological polar surface area (TPSA) is 0 Å². The van der Waals surface area contributed by atoms with Crippen molar-refractivity contribution in [1.29, 1.82) is 0 Å². The van der Waals surface area contributed by atoms with Gasteiger partial charge in [-0.3, -0.25) is 0 Å². The molecule has 1 aliphatic rings. The first kappa shape index (κ1) is 6.94. The highest BCUT2D eigenvalue weighted by Gasteiger charge is 2.18. The predicted molar refractivity (Wildman–Crippen MR) is 44.0 cm³/mol. The largest absolute Gasteiger partial charge is 0.175 e. The third kappa shape index (κ3) is 1.66. The maximum absolute atomic E-state index is 4.41. The molecule has 2 atom stereocenters. The molecule has 0 saturated heterocycles. The summed E-state index contributed by atoms with van der Waals surface area (Å²) >= 11 is 7.99. The molecular weight excluding hydrogens is 184 g/mol. The zero-order valence-corrected chi connectivity index (χ0v) is 7.29. The molecule has 8 heavy (non-hydrogen) atoms. The minimum Gasteiger partial charge on any atom is -0.175 e. The molecule has 0 amide bonds. The normalized spacial score (nSPS) is 39.8. The highest BCUT2D eigenvalue weighted by molar-refractivity contribution is 9.09. The molecule has 0 aromatic rings. The van der Waals surface area contributed by atoms with Gasteiger partial charge in [0.15, 0.2) is 0 Å². The van der Waals surface area contributed by atoms with Crippen molar-refractivity contribution < 1.29 is 0 Å². The van der Waals surface area contributed by atoms with Gasteiger partial charge in [0.05, 0.1) is 0 Å². The molecule has 0 N–H and O–H groups in total. The van der Waals surface area contributed by atoms with E-state index in [1.54, 1.807) is 0 Å². The van der Waals surface area contributed by atoms with Crippen LogP contribution in [0.25, 0.3) is 0 Å². The van der Waals surface area contributed by atoms with Gasteiger partial charge in [-0.1, -0.05) is 28.8 Å². The average Bonchev–Trinajstić information content (AvgIpc) is 1.77. The Morgan fingerprint density at radius 1 is 1.25 bits per heavy atom. The van der Waals surface area contributed by atoms with Crippen molar-refractivity contribution in [3.63, 3.8) is 0 Å². The molecule has 2 unspecified atom stereocenters. The van der Waals surface area contributed by atoms with Gasteiger partial charge in [0.25, 0.3) is 0 Å². The van der Waals surface area contributed by atoms with E-state index >= 15 is 0 Å². The summed E-state index contributed by atoms with van der Waals surface area (Å²) in [5.74, 6) is 0. The van der Waals surface area contributed by atoms with Crippen LogP contribution in [0.2, 0.25) is 0 Å². The maximum atomic E-state index is 4.41. The summed E-state index contributed by atoms with van der Waals surface area (Å²) in [6.45, 7) is 0. The second-order valence-electron chi connectivity index (χ2n) is 2.37. The van der Waals surface area contributed by atoms with Gasteiger partial charge in [0, 0.05) is 10.1 Å². The van der Waals surface area contributed by atoms with Crippen LogP contribution in [0.4, 0.5) is 0 Å². The Morgan fingerprint density at radius 2 is 1.88 bits per heavy atom. The molecule has 0 spiro atoms. The Balaban J connectivity index is 2.28. The van der Waals surface area contributed by atoms with E-state index in [0.29, 0.717) is 10.1 Å². The van der Waals surface area contributed by atoms with Crippen LogP contribution >= 0.6 is 28.6 Å². The summed E-state index contributed by atoms with van der Waals surface area (Å²) in [4.78, 5) is 0.680. The first-order chi connectivity index (χ1) is 3.80. The molecule has 1 saturated carbocycles. The summed E-state index contributed by atoms with van der Waals surface area (Å²) in [6, 6.07) is 0. The van der Waals surface area contributed by atoms with Crippen molar-refractivity contribution in [3.05, 3.63) is 0 Å². The average molecular weight is 195 g/mol. The van der Waals surface area contributed by atoms with Crippen molar-refractivity contribution in [1.82, 2.24) is 0 Å². The van der Waals surface area contributed by atoms with Crippen LogP contribution in [-0.4, -0.2) is 10.1 Å². The summed E-state index contributed by atoms with van der Waals surface area (Å²) in [5.41, 5.74) is 0. The molecule has 0 heterocycles. The molecule has 48 valence electrons. The monoisotopic (exact) mass is 194 g/mol. The van der Waals surface area contributed by atoms with E-state index in [9.17, 15) is 0 Å². The van der Waals surface area contributed by atoms with E-state index in [1.807, 2.05) is 0 Å². The van der Waals surface area contributed by atoms with Crippen LogP contribution in [0.15, 0.2) is 0 Å². The Hall–Kier alpha value is 0.830. The van der Waals surface area contributed by atoms with Gasteiger partial charge in [0.2, 0.25) is 0 Å². The summed E-state index contributed by atoms with van der Waals surface area (Å²) < 4.78 is 0. The summed E-state index contributed by atoms with van der Waals surface area (Å²) in [6.07, 6.45) is 5.36. The number of hydrogen-bond acceptors (Lipinski definition) is 1. The molecule has 0 nitrogen and oxygen atoms in total. The second-order valence-corrected chi connectivity index (χ2v) is 4.21. The minimum atomic E-state index is 0.615. The van der Waals surface area contributed by atoms with Crippen molar-refractivity contribution >= 4 is 28.6 Å². The fraction of sp³-hybridized carbons (Fsp3) is 1.00. The van der Waals surface area contributed by atoms with Crippen molar-refractivity contribution in [3.8, 4) is 0 Å². The van der Waals surface area contributed by atoms with Crippen molar-refractivity contribution in [2.45, 2.75) is 35.8 Å². The lowest BCUT2D eigenvalue weighted by Gasteiger charge is -2.22. The summed E-state index contributed by atoms with van der Waals surface area (Å²) in [5, 5.41) is 0.615. The molecule has 0 aliphatic heterocycles. The van der Waals surface area contributed by atoms with E-state index in [1.165, 1.54) is 25.7 Å². The highest BCUT2D eigenvalue weighted by Crippen LogP contribution is 2.27.